The minimum atomic E-state index is -0.330. The van der Waals surface area contributed by atoms with Crippen LogP contribution in [0.5, 0.6) is 0 Å². The van der Waals surface area contributed by atoms with Gasteiger partial charge in [-0.15, -0.1) is 0 Å². The van der Waals surface area contributed by atoms with Gasteiger partial charge in [0, 0.05) is 7.11 Å². The van der Waals surface area contributed by atoms with Crippen molar-refractivity contribution in [2.45, 2.75) is 6.61 Å². The summed E-state index contributed by atoms with van der Waals surface area (Å²) in [5, 5.41) is 0. The molecule has 0 radical (unpaired) electrons. The largest absolute Gasteiger partial charge is 0.465 e. The second-order valence-corrected chi connectivity index (χ2v) is 4.52. The molecule has 0 aliphatic heterocycles. The molecule has 110 valence electrons. The van der Waals surface area contributed by atoms with Crippen molar-refractivity contribution < 1.29 is 19.0 Å². The Morgan fingerprint density at radius 2 is 1.76 bits per heavy atom. The summed E-state index contributed by atoms with van der Waals surface area (Å²) in [6, 6.07) is 15.4. The van der Waals surface area contributed by atoms with E-state index in [1.807, 2.05) is 30.3 Å². The van der Waals surface area contributed by atoms with Crippen LogP contribution in [0.2, 0.25) is 0 Å². The second kappa shape index (κ2) is 7.57. The van der Waals surface area contributed by atoms with Gasteiger partial charge in [-0.05, 0) is 34.9 Å². The summed E-state index contributed by atoms with van der Waals surface area (Å²) >= 11 is 0. The van der Waals surface area contributed by atoms with Crippen molar-refractivity contribution in [2.24, 2.45) is 0 Å². The fourth-order valence-electron chi connectivity index (χ4n) is 2.00. The van der Waals surface area contributed by atoms with Gasteiger partial charge in [0.05, 0.1) is 19.3 Å². The van der Waals surface area contributed by atoms with E-state index < -0.39 is 0 Å². The van der Waals surface area contributed by atoms with Crippen LogP contribution in [0, 0.1) is 0 Å². The molecule has 0 fully saturated rings. The zero-order valence-electron chi connectivity index (χ0n) is 12.2. The zero-order chi connectivity index (χ0) is 15.1. The molecule has 0 atom stereocenters. The van der Waals surface area contributed by atoms with Crippen LogP contribution in [0.4, 0.5) is 0 Å². The quantitative estimate of drug-likeness (QED) is 0.464. The lowest BCUT2D eigenvalue weighted by molar-refractivity contribution is -0.0390. The van der Waals surface area contributed by atoms with Crippen molar-refractivity contribution in [1.82, 2.24) is 0 Å². The van der Waals surface area contributed by atoms with Gasteiger partial charge < -0.3 is 14.2 Å². The zero-order valence-corrected chi connectivity index (χ0v) is 12.2. The normalized spacial score (nSPS) is 10.4. The molecule has 0 spiro atoms. The first kappa shape index (κ1) is 15.2. The molecule has 0 heterocycles. The summed E-state index contributed by atoms with van der Waals surface area (Å²) in [7, 11) is 2.97. The van der Waals surface area contributed by atoms with E-state index in [-0.39, 0.29) is 12.8 Å². The predicted molar refractivity (Wildman–Crippen MR) is 79.9 cm³/mol. The first-order valence-electron chi connectivity index (χ1n) is 6.59. The fourth-order valence-corrected chi connectivity index (χ4v) is 2.00. The van der Waals surface area contributed by atoms with Crippen LogP contribution in [-0.2, 0) is 20.8 Å². The Balaban J connectivity index is 2.14. The number of rotatable bonds is 6. The average Bonchev–Trinajstić information content (AvgIpc) is 2.55. The molecule has 2 rings (SSSR count). The molecule has 2 aromatic carbocycles. The highest BCUT2D eigenvalue weighted by Gasteiger charge is 2.05. The van der Waals surface area contributed by atoms with E-state index in [2.05, 4.69) is 10.8 Å². The molecule has 0 aliphatic rings. The first-order valence-corrected chi connectivity index (χ1v) is 6.59. The molecule has 0 saturated heterocycles. The van der Waals surface area contributed by atoms with Gasteiger partial charge in [-0.25, -0.2) is 4.79 Å². The van der Waals surface area contributed by atoms with Crippen LogP contribution >= 0.6 is 0 Å². The van der Waals surface area contributed by atoms with E-state index in [0.29, 0.717) is 12.2 Å². The van der Waals surface area contributed by atoms with Crippen LogP contribution in [0.1, 0.15) is 15.9 Å². The van der Waals surface area contributed by atoms with Gasteiger partial charge >= 0.3 is 5.97 Å². The van der Waals surface area contributed by atoms with Crippen molar-refractivity contribution in [3.8, 4) is 11.1 Å². The maximum atomic E-state index is 11.4. The molecule has 0 bridgehead atoms. The maximum Gasteiger partial charge on any atom is 0.337 e. The van der Waals surface area contributed by atoms with Crippen molar-refractivity contribution in [1.29, 1.82) is 0 Å². The van der Waals surface area contributed by atoms with Crippen molar-refractivity contribution in [3.05, 3.63) is 59.7 Å². The third-order valence-electron chi connectivity index (χ3n) is 3.04. The summed E-state index contributed by atoms with van der Waals surface area (Å²) < 4.78 is 14.9. The van der Waals surface area contributed by atoms with Crippen LogP contribution in [0.15, 0.2) is 48.5 Å². The molecular formula is C17H18O4. The summed E-state index contributed by atoms with van der Waals surface area (Å²) in [5.41, 5.74) is 3.73. The second-order valence-electron chi connectivity index (χ2n) is 4.52. The number of benzene rings is 2. The van der Waals surface area contributed by atoms with Crippen LogP contribution < -0.4 is 0 Å². The Hall–Kier alpha value is -2.17. The average molecular weight is 286 g/mol. The molecule has 0 amide bonds. The van der Waals surface area contributed by atoms with E-state index in [1.54, 1.807) is 19.2 Å². The Bertz CT molecular complexity index is 590. The predicted octanol–water partition coefficient (Wildman–Crippen LogP) is 3.26. The van der Waals surface area contributed by atoms with Gasteiger partial charge in [0.1, 0.15) is 6.79 Å². The van der Waals surface area contributed by atoms with Gasteiger partial charge in [-0.3, -0.25) is 0 Å². The summed E-state index contributed by atoms with van der Waals surface area (Å²) in [6.07, 6.45) is 0. The fraction of sp³-hybridized carbons (Fsp3) is 0.235. The lowest BCUT2D eigenvalue weighted by atomic mass is 10.0. The standard InChI is InChI=1S/C17H18O4/c1-19-12-21-11-13-4-3-5-16(10-13)14-6-8-15(9-7-14)17(18)20-2/h3-10H,11-12H2,1-2H3. The molecule has 0 N–H and O–H groups in total. The van der Waals surface area contributed by atoms with Gasteiger partial charge in [0.15, 0.2) is 0 Å². The Labute approximate surface area is 124 Å². The number of carbonyl (C=O) groups excluding carboxylic acids is 1. The van der Waals surface area contributed by atoms with E-state index in [4.69, 9.17) is 9.47 Å². The number of hydrogen-bond donors (Lipinski definition) is 0. The number of carbonyl (C=O) groups is 1. The SMILES string of the molecule is COCOCc1cccc(-c2ccc(C(=O)OC)cc2)c1. The summed E-state index contributed by atoms with van der Waals surface area (Å²) in [6.45, 7) is 0.778. The van der Waals surface area contributed by atoms with Gasteiger partial charge in [-0.2, -0.15) is 0 Å². The van der Waals surface area contributed by atoms with E-state index in [0.717, 1.165) is 16.7 Å². The highest BCUT2D eigenvalue weighted by molar-refractivity contribution is 5.89. The van der Waals surface area contributed by atoms with E-state index >= 15 is 0 Å². The van der Waals surface area contributed by atoms with E-state index in [1.165, 1.54) is 7.11 Å². The Morgan fingerprint density at radius 1 is 1.00 bits per heavy atom. The number of esters is 1. The monoisotopic (exact) mass is 286 g/mol. The van der Waals surface area contributed by atoms with Crippen LogP contribution in [-0.4, -0.2) is 27.0 Å². The summed E-state index contributed by atoms with van der Waals surface area (Å²) in [5.74, 6) is -0.330. The maximum absolute atomic E-state index is 11.4. The molecule has 4 nitrogen and oxygen atoms in total. The lowest BCUT2D eigenvalue weighted by Crippen LogP contribution is -2.00. The highest BCUT2D eigenvalue weighted by atomic mass is 16.7. The summed E-state index contributed by atoms with van der Waals surface area (Å²) in [4.78, 5) is 11.4. The van der Waals surface area contributed by atoms with Crippen molar-refractivity contribution in [2.75, 3.05) is 21.0 Å². The molecule has 0 unspecified atom stereocenters. The third-order valence-corrected chi connectivity index (χ3v) is 3.04. The molecule has 0 aliphatic carbocycles. The Kier molecular flexibility index (Phi) is 5.49. The van der Waals surface area contributed by atoms with Gasteiger partial charge in [0.2, 0.25) is 0 Å². The Morgan fingerprint density at radius 3 is 2.43 bits per heavy atom. The molecule has 0 saturated carbocycles. The highest BCUT2D eigenvalue weighted by Crippen LogP contribution is 2.21. The molecule has 0 aromatic heterocycles. The van der Waals surface area contributed by atoms with Gasteiger partial charge in [-0.1, -0.05) is 30.3 Å². The van der Waals surface area contributed by atoms with Crippen molar-refractivity contribution in [3.63, 3.8) is 0 Å². The van der Waals surface area contributed by atoms with Crippen molar-refractivity contribution >= 4 is 5.97 Å². The molecular weight excluding hydrogens is 268 g/mol. The molecule has 21 heavy (non-hydrogen) atoms. The van der Waals surface area contributed by atoms with Gasteiger partial charge in [0.25, 0.3) is 0 Å². The number of hydrogen-bond acceptors (Lipinski definition) is 4. The molecule has 2 aromatic rings. The smallest absolute Gasteiger partial charge is 0.337 e. The van der Waals surface area contributed by atoms with Crippen LogP contribution in [0.25, 0.3) is 11.1 Å². The number of ether oxygens (including phenoxy) is 3. The lowest BCUT2D eigenvalue weighted by Gasteiger charge is -2.07. The molecule has 4 heteroatoms. The minimum absolute atomic E-state index is 0.276. The van der Waals surface area contributed by atoms with E-state index in [9.17, 15) is 4.79 Å². The number of methoxy groups -OCH3 is 2. The minimum Gasteiger partial charge on any atom is -0.465 e. The topological polar surface area (TPSA) is 44.8 Å². The van der Waals surface area contributed by atoms with Crippen LogP contribution in [0.3, 0.4) is 0 Å². The first-order chi connectivity index (χ1) is 10.2. The third kappa shape index (κ3) is 4.15.